The molecule has 1 aliphatic heterocycles. The van der Waals surface area contributed by atoms with Crippen LogP contribution in [0.25, 0.3) is 0 Å². The van der Waals surface area contributed by atoms with Gasteiger partial charge in [0.25, 0.3) is 0 Å². The predicted octanol–water partition coefficient (Wildman–Crippen LogP) is 3.53. The average molecular weight is 202 g/mol. The molecule has 1 fully saturated rings. The minimum atomic E-state index is 0.320. The number of benzene rings is 1. The van der Waals surface area contributed by atoms with Crippen molar-refractivity contribution in [3.8, 4) is 0 Å². The lowest BCUT2D eigenvalue weighted by Gasteiger charge is -2.07. The fourth-order valence-corrected chi connectivity index (χ4v) is 2.10. The number of hydrogen-bond acceptors (Lipinski definition) is 1. The van der Waals surface area contributed by atoms with E-state index in [4.69, 9.17) is 4.74 Å². The van der Waals surface area contributed by atoms with Crippen molar-refractivity contribution in [1.29, 1.82) is 0 Å². The second-order valence-electron chi connectivity index (χ2n) is 4.46. The van der Waals surface area contributed by atoms with Gasteiger partial charge in [-0.2, -0.15) is 0 Å². The Morgan fingerprint density at radius 2 is 2.00 bits per heavy atom. The van der Waals surface area contributed by atoms with Gasteiger partial charge in [0.05, 0.1) is 12.7 Å². The van der Waals surface area contributed by atoms with Crippen molar-refractivity contribution in [3.05, 3.63) is 47.5 Å². The fraction of sp³-hybridized carbons (Fsp3) is 0.429. The molecule has 1 aromatic carbocycles. The Morgan fingerprint density at radius 1 is 1.27 bits per heavy atom. The van der Waals surface area contributed by atoms with Gasteiger partial charge >= 0.3 is 0 Å². The summed E-state index contributed by atoms with van der Waals surface area (Å²) in [5.41, 5.74) is 2.75. The molecule has 0 spiro atoms. The summed E-state index contributed by atoms with van der Waals surface area (Å²) < 4.78 is 5.75. The molecule has 0 amide bonds. The zero-order valence-electron chi connectivity index (χ0n) is 9.44. The highest BCUT2D eigenvalue weighted by Gasteiger charge is 2.24. The Labute approximate surface area is 91.8 Å². The molecule has 0 N–H and O–H groups in total. The molecule has 15 heavy (non-hydrogen) atoms. The van der Waals surface area contributed by atoms with Gasteiger partial charge < -0.3 is 4.74 Å². The highest BCUT2D eigenvalue weighted by molar-refractivity contribution is 5.21. The summed E-state index contributed by atoms with van der Waals surface area (Å²) in [7, 11) is 0. The van der Waals surface area contributed by atoms with Crippen molar-refractivity contribution in [3.63, 3.8) is 0 Å². The number of ether oxygens (including phenoxy) is 1. The summed E-state index contributed by atoms with van der Waals surface area (Å²) in [6.07, 6.45) is 3.67. The van der Waals surface area contributed by atoms with Crippen molar-refractivity contribution in [2.45, 2.75) is 32.3 Å². The molecule has 1 nitrogen and oxygen atoms in total. The van der Waals surface area contributed by atoms with E-state index in [1.807, 2.05) is 0 Å². The minimum Gasteiger partial charge on any atom is -0.373 e. The molecule has 1 aliphatic rings. The monoisotopic (exact) mass is 202 g/mol. The summed E-state index contributed by atoms with van der Waals surface area (Å²) >= 11 is 0. The second kappa shape index (κ2) is 4.63. The van der Waals surface area contributed by atoms with Crippen molar-refractivity contribution >= 4 is 0 Å². The van der Waals surface area contributed by atoms with Gasteiger partial charge in [0.1, 0.15) is 0 Å². The van der Waals surface area contributed by atoms with Gasteiger partial charge in [-0.05, 0) is 25.8 Å². The molecule has 1 aromatic rings. The highest BCUT2D eigenvalue weighted by atomic mass is 16.5. The molecule has 0 saturated carbocycles. The van der Waals surface area contributed by atoms with Crippen molar-refractivity contribution in [1.82, 2.24) is 0 Å². The van der Waals surface area contributed by atoms with Crippen molar-refractivity contribution in [2.75, 3.05) is 6.61 Å². The van der Waals surface area contributed by atoms with Gasteiger partial charge in [0.15, 0.2) is 0 Å². The first-order valence-corrected chi connectivity index (χ1v) is 5.57. The molecule has 2 rings (SSSR count). The van der Waals surface area contributed by atoms with Crippen LogP contribution in [0.4, 0.5) is 0 Å². The van der Waals surface area contributed by atoms with Crippen LogP contribution < -0.4 is 0 Å². The van der Waals surface area contributed by atoms with Gasteiger partial charge in [-0.15, -0.1) is 0 Å². The lowest BCUT2D eigenvalue weighted by Crippen LogP contribution is -2.00. The topological polar surface area (TPSA) is 9.23 Å². The lowest BCUT2D eigenvalue weighted by atomic mass is 9.96. The first-order chi connectivity index (χ1) is 7.25. The molecule has 2 atom stereocenters. The van der Waals surface area contributed by atoms with E-state index in [0.717, 1.165) is 13.0 Å². The van der Waals surface area contributed by atoms with Crippen molar-refractivity contribution in [2.24, 2.45) is 0 Å². The van der Waals surface area contributed by atoms with Gasteiger partial charge in [-0.3, -0.25) is 0 Å². The third-order valence-corrected chi connectivity index (χ3v) is 2.82. The van der Waals surface area contributed by atoms with E-state index in [0.29, 0.717) is 12.0 Å². The molecule has 80 valence electrons. The third-order valence-electron chi connectivity index (χ3n) is 2.82. The Morgan fingerprint density at radius 3 is 2.67 bits per heavy atom. The number of hydrogen-bond donors (Lipinski definition) is 0. The van der Waals surface area contributed by atoms with E-state index in [9.17, 15) is 0 Å². The summed E-state index contributed by atoms with van der Waals surface area (Å²) in [6, 6.07) is 10.7. The molecule has 1 heteroatoms. The van der Waals surface area contributed by atoms with Gasteiger partial charge in [-0.1, -0.05) is 42.0 Å². The maximum Gasteiger partial charge on any atom is 0.0765 e. The molecular formula is C14H18O. The molecule has 2 unspecified atom stereocenters. The summed E-state index contributed by atoms with van der Waals surface area (Å²) in [5.74, 6) is 0.576. The molecule has 0 bridgehead atoms. The van der Waals surface area contributed by atoms with E-state index in [-0.39, 0.29) is 0 Å². The molecule has 0 aromatic heterocycles. The van der Waals surface area contributed by atoms with E-state index >= 15 is 0 Å². The maximum atomic E-state index is 5.75. The first kappa shape index (κ1) is 10.4. The third kappa shape index (κ3) is 2.69. The first-order valence-electron chi connectivity index (χ1n) is 5.57. The van der Waals surface area contributed by atoms with Gasteiger partial charge in [-0.25, -0.2) is 0 Å². The smallest absolute Gasteiger partial charge is 0.0765 e. The second-order valence-corrected chi connectivity index (χ2v) is 4.46. The highest BCUT2D eigenvalue weighted by Crippen LogP contribution is 2.30. The van der Waals surface area contributed by atoms with Crippen LogP contribution >= 0.6 is 0 Å². The zero-order chi connectivity index (χ0) is 10.7. The minimum absolute atomic E-state index is 0.320. The standard InChI is InChI=1S/C14H18O/c1-11(2)8-14-9-13(10-15-14)12-6-4-3-5-7-12/h3-8,13-14H,9-10H2,1-2H3. The van der Waals surface area contributed by atoms with Crippen LogP contribution in [0.1, 0.15) is 31.7 Å². The maximum absolute atomic E-state index is 5.75. The molecule has 0 aliphatic carbocycles. The molecular weight excluding hydrogens is 184 g/mol. The van der Waals surface area contributed by atoms with Crippen LogP contribution in [0.2, 0.25) is 0 Å². The SMILES string of the molecule is CC(C)=CC1CC(c2ccccc2)CO1. The Bertz CT molecular complexity index is 336. The lowest BCUT2D eigenvalue weighted by molar-refractivity contribution is 0.142. The average Bonchev–Trinajstić information content (AvgIpc) is 2.67. The van der Waals surface area contributed by atoms with E-state index in [2.05, 4.69) is 50.3 Å². The number of allylic oxidation sites excluding steroid dienone is 1. The van der Waals surface area contributed by atoms with Crippen LogP contribution in [0, 0.1) is 0 Å². The fourth-order valence-electron chi connectivity index (χ4n) is 2.10. The Kier molecular flexibility index (Phi) is 3.22. The van der Waals surface area contributed by atoms with Crippen LogP contribution in [-0.2, 0) is 4.74 Å². The van der Waals surface area contributed by atoms with Crippen LogP contribution in [-0.4, -0.2) is 12.7 Å². The van der Waals surface area contributed by atoms with Crippen LogP contribution in [0.5, 0.6) is 0 Å². The predicted molar refractivity (Wildman–Crippen MR) is 63.0 cm³/mol. The van der Waals surface area contributed by atoms with E-state index in [1.54, 1.807) is 0 Å². The molecule has 0 radical (unpaired) electrons. The van der Waals surface area contributed by atoms with Gasteiger partial charge in [0.2, 0.25) is 0 Å². The summed E-state index contributed by atoms with van der Waals surface area (Å²) in [5, 5.41) is 0. The Balaban J connectivity index is 2.02. The van der Waals surface area contributed by atoms with Crippen LogP contribution in [0.3, 0.4) is 0 Å². The number of rotatable bonds is 2. The largest absolute Gasteiger partial charge is 0.373 e. The van der Waals surface area contributed by atoms with Crippen molar-refractivity contribution < 1.29 is 4.74 Å². The zero-order valence-corrected chi connectivity index (χ0v) is 9.44. The quantitative estimate of drug-likeness (QED) is 0.667. The van der Waals surface area contributed by atoms with E-state index < -0.39 is 0 Å². The van der Waals surface area contributed by atoms with E-state index in [1.165, 1.54) is 11.1 Å². The summed E-state index contributed by atoms with van der Waals surface area (Å²) in [4.78, 5) is 0. The van der Waals surface area contributed by atoms with Gasteiger partial charge in [0, 0.05) is 5.92 Å². The van der Waals surface area contributed by atoms with Crippen LogP contribution in [0.15, 0.2) is 42.0 Å². The molecule has 1 heterocycles. The Hall–Kier alpha value is -1.08. The normalized spacial score (nSPS) is 25.2. The molecule has 1 saturated heterocycles. The summed E-state index contributed by atoms with van der Waals surface area (Å²) in [6.45, 7) is 5.11.